The summed E-state index contributed by atoms with van der Waals surface area (Å²) in [6, 6.07) is 0. The second-order valence-electron chi connectivity index (χ2n) is 23.3. The highest BCUT2D eigenvalue weighted by molar-refractivity contribution is 5.78. The van der Waals surface area contributed by atoms with Gasteiger partial charge in [0.05, 0.1) is 13.2 Å². The van der Waals surface area contributed by atoms with Crippen LogP contribution >= 0.6 is 0 Å². The first kappa shape index (κ1) is 68.8. The number of unbranched alkanes of at least 4 members (excludes halogenated alkanes) is 35. The zero-order valence-corrected chi connectivity index (χ0v) is 49.9. The van der Waals surface area contributed by atoms with E-state index in [-0.39, 0.29) is 5.97 Å². The predicted molar refractivity (Wildman–Crippen MR) is 316 cm³/mol. The summed E-state index contributed by atoms with van der Waals surface area (Å²) in [7, 11) is 0. The van der Waals surface area contributed by atoms with Crippen LogP contribution in [0.4, 0.5) is 0 Å². The fourth-order valence-corrected chi connectivity index (χ4v) is 11.2. The Bertz CT molecular complexity index is 1100. The summed E-state index contributed by atoms with van der Waals surface area (Å²) in [4.78, 5) is 36.6. The van der Waals surface area contributed by atoms with Gasteiger partial charge in [-0.3, -0.25) is 14.5 Å². The Morgan fingerprint density at radius 2 is 0.667 bits per heavy atom. The van der Waals surface area contributed by atoms with E-state index in [0.29, 0.717) is 25.5 Å². The molecular weight excluding hydrogens is 885 g/mol. The number of ether oxygens (including phenoxy) is 1. The highest BCUT2D eigenvalue weighted by atomic mass is 16.5. The van der Waals surface area contributed by atoms with Crippen LogP contribution in [0.5, 0.6) is 0 Å². The number of carbonyl (C=O) groups is 2. The van der Waals surface area contributed by atoms with E-state index < -0.39 is 0 Å². The summed E-state index contributed by atoms with van der Waals surface area (Å²) in [5.41, 5.74) is 0. The van der Waals surface area contributed by atoms with Gasteiger partial charge >= 0.3 is 5.97 Å². The topological polar surface area (TPSA) is 56.3 Å². The van der Waals surface area contributed by atoms with E-state index in [1.807, 2.05) is 0 Å². The van der Waals surface area contributed by atoms with Crippen molar-refractivity contribution in [3.63, 3.8) is 0 Å². The normalized spacial score (nSPS) is 13.4. The molecule has 1 fully saturated rings. The van der Waals surface area contributed by atoms with Gasteiger partial charge in [0.1, 0.15) is 0 Å². The molecule has 0 radical (unpaired) electrons. The third-order valence-corrected chi connectivity index (χ3v) is 16.3. The zero-order valence-electron chi connectivity index (χ0n) is 49.9. The van der Waals surface area contributed by atoms with Gasteiger partial charge < -0.3 is 19.4 Å². The van der Waals surface area contributed by atoms with Gasteiger partial charge in [0.25, 0.3) is 0 Å². The van der Waals surface area contributed by atoms with Crippen molar-refractivity contribution in [2.24, 2.45) is 5.92 Å². The molecule has 1 rings (SSSR count). The van der Waals surface area contributed by atoms with E-state index >= 15 is 0 Å². The van der Waals surface area contributed by atoms with Crippen LogP contribution in [0.15, 0.2) is 0 Å². The molecule has 0 spiro atoms. The van der Waals surface area contributed by atoms with E-state index in [9.17, 15) is 9.59 Å². The second-order valence-corrected chi connectivity index (χ2v) is 23.3. The van der Waals surface area contributed by atoms with E-state index in [1.165, 1.54) is 283 Å². The minimum atomic E-state index is -0.00380. The van der Waals surface area contributed by atoms with Crippen LogP contribution in [0, 0.1) is 5.92 Å². The number of hydrogen-bond donors (Lipinski definition) is 0. The van der Waals surface area contributed by atoms with Gasteiger partial charge in [-0.1, -0.05) is 253 Å². The van der Waals surface area contributed by atoms with Crippen molar-refractivity contribution in [2.45, 2.75) is 324 Å². The van der Waals surface area contributed by atoms with E-state index in [2.05, 4.69) is 54.2 Å². The second kappa shape index (κ2) is 54.6. The highest BCUT2D eigenvalue weighted by Crippen LogP contribution is 2.23. The Morgan fingerprint density at radius 1 is 0.361 bits per heavy atom. The minimum Gasteiger partial charge on any atom is -0.466 e. The van der Waals surface area contributed by atoms with Crippen molar-refractivity contribution in [1.29, 1.82) is 0 Å². The monoisotopic (exact) mass is 1020 g/mol. The predicted octanol–water partition coefficient (Wildman–Crippen LogP) is 18.5. The van der Waals surface area contributed by atoms with Gasteiger partial charge in [-0.05, 0) is 109 Å². The van der Waals surface area contributed by atoms with Gasteiger partial charge in [-0.15, -0.1) is 0 Å². The van der Waals surface area contributed by atoms with Crippen LogP contribution in [0.1, 0.15) is 324 Å². The fraction of sp³-hybridized carbons (Fsp3) is 0.969. The number of likely N-dealkylation sites (tertiary alicyclic amines) is 1. The maximum atomic E-state index is 14.1. The summed E-state index contributed by atoms with van der Waals surface area (Å²) in [5, 5.41) is 0. The van der Waals surface area contributed by atoms with Crippen molar-refractivity contribution >= 4 is 11.9 Å². The van der Waals surface area contributed by atoms with Gasteiger partial charge in [-0.25, -0.2) is 0 Å². The van der Waals surface area contributed by atoms with E-state index in [0.717, 1.165) is 70.7 Å². The summed E-state index contributed by atoms with van der Waals surface area (Å²) in [6.07, 6.45) is 58.6. The lowest BCUT2D eigenvalue weighted by Crippen LogP contribution is -2.46. The Balaban J connectivity index is 2.71. The number of rotatable bonds is 57. The SMILES string of the molecule is CCCCCCCCCCCCCCN(CCCCCCCC(=O)OCCCCC)CCC1CCN(C(=O)CN(CCCCCCCCC)CCN(CCCCCCCCC)CCCCCCCCC)CC1. The lowest BCUT2D eigenvalue weighted by molar-refractivity contribution is -0.144. The van der Waals surface area contributed by atoms with Gasteiger partial charge in [0.2, 0.25) is 5.91 Å². The van der Waals surface area contributed by atoms with Crippen molar-refractivity contribution in [1.82, 2.24) is 19.6 Å². The third kappa shape index (κ3) is 45.1. The quantitative estimate of drug-likeness (QED) is 0.0447. The molecule has 0 aromatic rings. The third-order valence-electron chi connectivity index (χ3n) is 16.3. The Morgan fingerprint density at radius 3 is 1.06 bits per heavy atom. The fourth-order valence-electron chi connectivity index (χ4n) is 11.2. The Hall–Kier alpha value is -1.18. The molecule has 1 amide bonds. The first-order chi connectivity index (χ1) is 35.5. The van der Waals surface area contributed by atoms with Crippen LogP contribution < -0.4 is 0 Å². The number of carbonyl (C=O) groups excluding carboxylic acids is 2. The average Bonchev–Trinajstić information content (AvgIpc) is 3.39. The van der Waals surface area contributed by atoms with Crippen molar-refractivity contribution in [3.8, 4) is 0 Å². The van der Waals surface area contributed by atoms with Crippen LogP contribution in [0.2, 0.25) is 0 Å². The minimum absolute atomic E-state index is 0.00380. The number of amides is 1. The molecular formula is C65H130N4O3. The first-order valence-corrected chi connectivity index (χ1v) is 33.1. The average molecular weight is 1020 g/mol. The molecule has 0 aromatic carbocycles. The zero-order chi connectivity index (χ0) is 52.1. The number of nitrogens with zero attached hydrogens (tertiary/aromatic N) is 4. The van der Waals surface area contributed by atoms with Gasteiger partial charge in [0, 0.05) is 32.6 Å². The molecule has 0 saturated carbocycles. The van der Waals surface area contributed by atoms with Crippen LogP contribution in [0.25, 0.3) is 0 Å². The molecule has 428 valence electrons. The molecule has 0 N–H and O–H groups in total. The summed E-state index contributed by atoms with van der Waals surface area (Å²) >= 11 is 0. The van der Waals surface area contributed by atoms with Crippen molar-refractivity contribution < 1.29 is 14.3 Å². The molecule has 0 aliphatic carbocycles. The number of piperidine rings is 1. The number of esters is 1. The Kier molecular flexibility index (Phi) is 52.2. The van der Waals surface area contributed by atoms with Crippen molar-refractivity contribution in [3.05, 3.63) is 0 Å². The van der Waals surface area contributed by atoms with E-state index in [4.69, 9.17) is 4.74 Å². The van der Waals surface area contributed by atoms with Crippen LogP contribution in [0.3, 0.4) is 0 Å². The van der Waals surface area contributed by atoms with Crippen LogP contribution in [-0.2, 0) is 14.3 Å². The molecule has 1 saturated heterocycles. The van der Waals surface area contributed by atoms with Crippen molar-refractivity contribution in [2.75, 3.05) is 78.6 Å². The Labute approximate surface area is 452 Å². The summed E-state index contributed by atoms with van der Waals surface area (Å²) in [5.74, 6) is 1.12. The largest absolute Gasteiger partial charge is 0.466 e. The number of hydrogen-bond acceptors (Lipinski definition) is 6. The smallest absolute Gasteiger partial charge is 0.305 e. The molecule has 7 heteroatoms. The molecule has 0 unspecified atom stereocenters. The van der Waals surface area contributed by atoms with Gasteiger partial charge in [0.15, 0.2) is 0 Å². The molecule has 7 nitrogen and oxygen atoms in total. The molecule has 1 aliphatic rings. The first-order valence-electron chi connectivity index (χ1n) is 33.1. The van der Waals surface area contributed by atoms with Crippen LogP contribution in [-0.4, -0.2) is 110 Å². The lowest BCUT2D eigenvalue weighted by Gasteiger charge is -2.35. The maximum absolute atomic E-state index is 14.1. The molecule has 0 bridgehead atoms. The molecule has 72 heavy (non-hydrogen) atoms. The highest BCUT2D eigenvalue weighted by Gasteiger charge is 2.25. The maximum Gasteiger partial charge on any atom is 0.305 e. The molecule has 1 aliphatic heterocycles. The van der Waals surface area contributed by atoms with Gasteiger partial charge in [-0.2, -0.15) is 0 Å². The van der Waals surface area contributed by atoms with E-state index in [1.54, 1.807) is 0 Å². The molecule has 1 heterocycles. The standard InChI is InChI=1S/C65H130N4O3/c1-6-11-16-20-24-25-26-27-28-32-37-41-51-66(52-42-39-33-34-40-47-65(71)72-61-46-15-10-5)56-48-63-49-57-69(58-50-63)64(70)62-68(55-45-38-31-23-19-14-9-4)60-59-67(53-43-35-29-21-17-12-7-2)54-44-36-30-22-18-13-8-3/h63H,6-62H2,1-5H3. The lowest BCUT2D eigenvalue weighted by atomic mass is 9.93. The molecule has 0 atom stereocenters. The molecule has 0 aromatic heterocycles. The summed E-state index contributed by atoms with van der Waals surface area (Å²) < 4.78 is 5.43. The summed E-state index contributed by atoms with van der Waals surface area (Å²) in [6.45, 7) is 23.9.